The second-order valence-electron chi connectivity index (χ2n) is 8.65. The third-order valence-corrected chi connectivity index (χ3v) is 1.81. The molecule has 0 N–H and O–H groups in total. The first-order valence-electron chi connectivity index (χ1n) is 11.3. The molecule has 0 bridgehead atoms. The van der Waals surface area contributed by atoms with Gasteiger partial charge in [0.15, 0.2) is 0 Å². The molecular weight excluding hydrogens is 364 g/mol. The third kappa shape index (κ3) is 335. The lowest BCUT2D eigenvalue weighted by molar-refractivity contribution is -0.121. The zero-order chi connectivity index (χ0) is 22.7. The van der Waals surface area contributed by atoms with Gasteiger partial charge in [-0.3, -0.25) is 4.79 Å². The summed E-state index contributed by atoms with van der Waals surface area (Å²) in [5.74, 6) is 3.12. The Labute approximate surface area is 200 Å². The molecule has 0 spiro atoms. The van der Waals surface area contributed by atoms with Crippen molar-refractivity contribution in [3.8, 4) is 0 Å². The van der Waals surface area contributed by atoms with E-state index in [2.05, 4.69) is 90.0 Å². The number of hydrogen-bond acceptors (Lipinski definition) is 1. The molecule has 0 saturated heterocycles. The Kier molecular flexibility index (Phi) is 132. The van der Waals surface area contributed by atoms with Crippen LogP contribution in [-0.2, 0) is 4.79 Å². The maximum Gasteiger partial charge on any atom is 0.135 e. The molecule has 0 aliphatic rings. The smallest absolute Gasteiger partial charge is 0.135 e. The number of carbonyl (C=O) groups excluding carboxylic acids is 1. The predicted molar refractivity (Wildman–Crippen MR) is 155 cm³/mol. The van der Waals surface area contributed by atoms with Crippen LogP contribution in [0.3, 0.4) is 0 Å². The van der Waals surface area contributed by atoms with E-state index in [1.165, 1.54) is 19.3 Å². The largest absolute Gasteiger partial charge is 0.299 e. The first-order chi connectivity index (χ1) is 11.7. The van der Waals surface area contributed by atoms with Crippen molar-refractivity contribution in [2.24, 2.45) is 23.7 Å². The van der Waals surface area contributed by atoms with Crippen LogP contribution in [0.25, 0.3) is 0 Å². The fraction of sp³-hybridized carbons (Fsp3) is 0.966. The number of hydrogen-bond donors (Lipinski definition) is 0. The highest BCUT2D eigenvalue weighted by Gasteiger charge is 2.00. The standard InChI is InChI=1S/C6H12O.C5H12.2C4H10.2C3H8.4CH4/c1-4-6(7)5(2)3;1-4-5(2)3;2*1-4(2)3;2*1-3-2;;;;/h5H,4H2,1-3H3;5H,4H2,1-3H3;2*4H,1-3H3;2*3H2,1-2H3;4*1H4. The van der Waals surface area contributed by atoms with E-state index in [9.17, 15) is 4.79 Å². The van der Waals surface area contributed by atoms with Gasteiger partial charge in [-0.1, -0.05) is 160 Å². The van der Waals surface area contributed by atoms with Crippen LogP contribution in [0.5, 0.6) is 0 Å². The first-order valence-corrected chi connectivity index (χ1v) is 11.3. The van der Waals surface area contributed by atoms with E-state index in [1.807, 2.05) is 20.8 Å². The van der Waals surface area contributed by atoms with Crippen LogP contribution >= 0.6 is 0 Å². The molecule has 1 nitrogen and oxygen atoms in total. The molecule has 30 heavy (non-hydrogen) atoms. The Hall–Kier alpha value is -0.330. The summed E-state index contributed by atoms with van der Waals surface area (Å²) in [6.45, 7) is 33.9. The summed E-state index contributed by atoms with van der Waals surface area (Å²) in [5.41, 5.74) is 0. The van der Waals surface area contributed by atoms with Crippen molar-refractivity contribution in [3.63, 3.8) is 0 Å². The minimum Gasteiger partial charge on any atom is -0.299 e. The summed E-state index contributed by atoms with van der Waals surface area (Å²) >= 11 is 0. The molecule has 0 atom stereocenters. The molecule has 1 heteroatoms. The summed E-state index contributed by atoms with van der Waals surface area (Å²) in [6, 6.07) is 0. The van der Waals surface area contributed by atoms with E-state index in [-0.39, 0.29) is 35.6 Å². The Morgan fingerprint density at radius 1 is 0.533 bits per heavy atom. The fourth-order valence-electron chi connectivity index (χ4n) is 0.408. The molecule has 198 valence electrons. The van der Waals surface area contributed by atoms with Gasteiger partial charge in [-0.15, -0.1) is 0 Å². The Balaban J connectivity index is -0.0000000200. The lowest BCUT2D eigenvalue weighted by Crippen LogP contribution is -2.03. The fourth-order valence-corrected chi connectivity index (χ4v) is 0.408. The molecule has 0 amide bonds. The molecule has 0 radical (unpaired) electrons. The van der Waals surface area contributed by atoms with E-state index in [1.54, 1.807) is 0 Å². The van der Waals surface area contributed by atoms with E-state index < -0.39 is 0 Å². The minimum absolute atomic E-state index is 0. The number of rotatable bonds is 3. The monoisotopic (exact) mass is 441 g/mol. The summed E-state index contributed by atoms with van der Waals surface area (Å²) in [4.78, 5) is 10.5. The van der Waals surface area contributed by atoms with Gasteiger partial charge in [-0.05, 0) is 17.8 Å². The zero-order valence-corrected chi connectivity index (χ0v) is 22.0. The highest BCUT2D eigenvalue weighted by atomic mass is 16.1. The third-order valence-electron chi connectivity index (χ3n) is 1.81. The van der Waals surface area contributed by atoms with Crippen LogP contribution in [0.2, 0.25) is 0 Å². The van der Waals surface area contributed by atoms with Gasteiger partial charge in [0.25, 0.3) is 0 Å². The number of ketones is 1. The van der Waals surface area contributed by atoms with Crippen LogP contribution in [0.4, 0.5) is 0 Å². The highest BCUT2D eigenvalue weighted by Crippen LogP contribution is 1.95. The van der Waals surface area contributed by atoms with Crippen molar-refractivity contribution >= 4 is 5.78 Å². The van der Waals surface area contributed by atoms with Gasteiger partial charge < -0.3 is 0 Å². The maximum atomic E-state index is 10.5. The maximum absolute atomic E-state index is 10.5. The van der Waals surface area contributed by atoms with Crippen LogP contribution in [-0.4, -0.2) is 5.78 Å². The molecule has 0 fully saturated rings. The van der Waals surface area contributed by atoms with Gasteiger partial charge in [0.1, 0.15) is 5.78 Å². The normalized spacial score (nSPS) is 7.47. The van der Waals surface area contributed by atoms with Crippen molar-refractivity contribution in [2.45, 2.75) is 166 Å². The van der Waals surface area contributed by atoms with E-state index in [4.69, 9.17) is 0 Å². The Morgan fingerprint density at radius 3 is 0.667 bits per heavy atom. The molecular formula is C29H76O. The zero-order valence-electron chi connectivity index (χ0n) is 22.0. The van der Waals surface area contributed by atoms with Gasteiger partial charge in [-0.2, -0.15) is 0 Å². The van der Waals surface area contributed by atoms with Crippen LogP contribution in [0, 0.1) is 23.7 Å². The van der Waals surface area contributed by atoms with E-state index in [0.29, 0.717) is 12.2 Å². The number of carbonyl (C=O) groups is 1. The van der Waals surface area contributed by atoms with Gasteiger partial charge in [-0.25, -0.2) is 0 Å². The van der Waals surface area contributed by atoms with Gasteiger partial charge in [0.2, 0.25) is 0 Å². The van der Waals surface area contributed by atoms with Crippen LogP contribution in [0.1, 0.15) is 166 Å². The van der Waals surface area contributed by atoms with Crippen molar-refractivity contribution in [2.75, 3.05) is 0 Å². The molecule has 0 aromatic carbocycles. The SMILES string of the molecule is C.C.C.C.CC(C)C.CC(C)C.CCC.CCC.CCC(=O)C(C)C.CCC(C)C. The van der Waals surface area contributed by atoms with Crippen molar-refractivity contribution in [3.05, 3.63) is 0 Å². The topological polar surface area (TPSA) is 17.1 Å². The molecule has 0 heterocycles. The summed E-state index contributed by atoms with van der Waals surface area (Å²) in [5, 5.41) is 0. The summed E-state index contributed by atoms with van der Waals surface area (Å²) in [6.07, 6.45) is 4.48. The van der Waals surface area contributed by atoms with Gasteiger partial charge in [0.05, 0.1) is 0 Å². The second kappa shape index (κ2) is 63.0. The highest BCUT2D eigenvalue weighted by molar-refractivity contribution is 5.79. The quantitative estimate of drug-likeness (QED) is 0.426. The van der Waals surface area contributed by atoms with Crippen LogP contribution < -0.4 is 0 Å². The van der Waals surface area contributed by atoms with Crippen LogP contribution in [0.15, 0.2) is 0 Å². The Morgan fingerprint density at radius 2 is 0.667 bits per heavy atom. The van der Waals surface area contributed by atoms with Crippen molar-refractivity contribution < 1.29 is 4.79 Å². The molecule has 0 unspecified atom stereocenters. The molecule has 0 aliphatic carbocycles. The summed E-state index contributed by atoms with van der Waals surface area (Å²) in [7, 11) is 0. The van der Waals surface area contributed by atoms with Gasteiger partial charge >= 0.3 is 0 Å². The average molecular weight is 441 g/mol. The first kappa shape index (κ1) is 63.0. The lowest BCUT2D eigenvalue weighted by Gasteiger charge is -1.96. The molecule has 0 rings (SSSR count). The summed E-state index contributed by atoms with van der Waals surface area (Å²) < 4.78 is 0. The average Bonchev–Trinajstić information content (AvgIpc) is 2.47. The van der Waals surface area contributed by atoms with Gasteiger partial charge in [0, 0.05) is 12.3 Å². The van der Waals surface area contributed by atoms with E-state index in [0.717, 1.165) is 17.8 Å². The van der Waals surface area contributed by atoms with Crippen molar-refractivity contribution in [1.29, 1.82) is 0 Å². The second-order valence-corrected chi connectivity index (χ2v) is 8.65. The van der Waals surface area contributed by atoms with Crippen molar-refractivity contribution in [1.82, 2.24) is 0 Å². The molecule has 0 aliphatic heterocycles. The minimum atomic E-state index is 0. The molecule has 0 aromatic heterocycles. The number of Topliss-reactive ketones (excluding diaryl/α,β-unsaturated/α-hetero) is 1. The predicted octanol–water partition coefficient (Wildman–Crippen LogP) is 12.4. The molecule has 0 aromatic rings. The molecule has 0 saturated carbocycles. The Bertz CT molecular complexity index is 177. The van der Waals surface area contributed by atoms with E-state index >= 15 is 0 Å². The lowest BCUT2D eigenvalue weighted by atomic mass is 10.1.